The van der Waals surface area contributed by atoms with Crippen LogP contribution in [0.25, 0.3) is 22.3 Å². The molecule has 0 bridgehead atoms. The van der Waals surface area contributed by atoms with E-state index in [9.17, 15) is 4.39 Å². The highest BCUT2D eigenvalue weighted by atomic mass is 19.1. The summed E-state index contributed by atoms with van der Waals surface area (Å²) in [6, 6.07) is 17.0. The third kappa shape index (κ3) is 4.22. The lowest BCUT2D eigenvalue weighted by atomic mass is 10.0. The number of aromatic nitrogens is 4. The SMILES string of the molecule is Cc1nccc(N2CCOc3ccc(-c4cnc5nc(N)[nH]c5c4)cc3C2)c1Cc1ccc(F)cc1. The zero-order valence-corrected chi connectivity index (χ0v) is 19.8. The van der Waals surface area contributed by atoms with E-state index >= 15 is 0 Å². The van der Waals surface area contributed by atoms with Crippen molar-refractivity contribution in [3.05, 3.63) is 95.2 Å². The Hall–Kier alpha value is -4.46. The van der Waals surface area contributed by atoms with Crippen molar-refractivity contribution in [3.63, 3.8) is 0 Å². The van der Waals surface area contributed by atoms with Gasteiger partial charge in [0.15, 0.2) is 11.6 Å². The number of nitrogen functional groups attached to an aromatic ring is 1. The summed E-state index contributed by atoms with van der Waals surface area (Å²) in [5, 5.41) is 0. The molecule has 4 heterocycles. The lowest BCUT2D eigenvalue weighted by molar-refractivity contribution is 0.331. The smallest absolute Gasteiger partial charge is 0.200 e. The Morgan fingerprint density at radius 1 is 1.06 bits per heavy atom. The predicted octanol–water partition coefficient (Wildman–Crippen LogP) is 5.04. The van der Waals surface area contributed by atoms with E-state index in [0.29, 0.717) is 31.2 Å². The summed E-state index contributed by atoms with van der Waals surface area (Å²) in [5.41, 5.74) is 14.6. The number of nitrogens with one attached hydrogen (secondary N) is 1. The molecule has 0 aliphatic carbocycles. The number of H-pyrrole nitrogens is 1. The monoisotopic (exact) mass is 480 g/mol. The number of imidazole rings is 1. The van der Waals surface area contributed by atoms with Crippen LogP contribution in [-0.2, 0) is 13.0 Å². The van der Waals surface area contributed by atoms with Gasteiger partial charge in [0, 0.05) is 53.4 Å². The highest BCUT2D eigenvalue weighted by molar-refractivity contribution is 5.79. The molecule has 0 unspecified atom stereocenters. The summed E-state index contributed by atoms with van der Waals surface area (Å²) >= 11 is 0. The minimum absolute atomic E-state index is 0.232. The first-order valence-corrected chi connectivity index (χ1v) is 11.8. The van der Waals surface area contributed by atoms with Crippen LogP contribution < -0.4 is 15.4 Å². The van der Waals surface area contributed by atoms with Gasteiger partial charge in [0.1, 0.15) is 18.2 Å². The van der Waals surface area contributed by atoms with Crippen LogP contribution in [0.3, 0.4) is 0 Å². The number of hydrogen-bond donors (Lipinski definition) is 2. The first kappa shape index (κ1) is 22.0. The van der Waals surface area contributed by atoms with E-state index in [1.54, 1.807) is 0 Å². The van der Waals surface area contributed by atoms with Gasteiger partial charge in [0.05, 0.1) is 12.1 Å². The van der Waals surface area contributed by atoms with Crippen LogP contribution >= 0.6 is 0 Å². The van der Waals surface area contributed by atoms with Crippen molar-refractivity contribution < 1.29 is 9.13 Å². The number of pyridine rings is 2. The van der Waals surface area contributed by atoms with Gasteiger partial charge in [0.2, 0.25) is 0 Å². The van der Waals surface area contributed by atoms with E-state index < -0.39 is 0 Å². The van der Waals surface area contributed by atoms with Crippen molar-refractivity contribution in [1.82, 2.24) is 19.9 Å². The fourth-order valence-corrected chi connectivity index (χ4v) is 4.76. The summed E-state index contributed by atoms with van der Waals surface area (Å²) in [6.45, 7) is 4.03. The highest BCUT2D eigenvalue weighted by Crippen LogP contribution is 2.33. The van der Waals surface area contributed by atoms with Gasteiger partial charge in [-0.3, -0.25) is 4.98 Å². The van der Waals surface area contributed by atoms with E-state index in [1.165, 1.54) is 12.1 Å². The van der Waals surface area contributed by atoms with E-state index in [-0.39, 0.29) is 5.82 Å². The molecule has 1 aliphatic heterocycles. The molecule has 8 heteroatoms. The number of hydrogen-bond acceptors (Lipinski definition) is 6. The molecule has 2 aromatic carbocycles. The first-order valence-electron chi connectivity index (χ1n) is 11.8. The van der Waals surface area contributed by atoms with Crippen LogP contribution in [0.1, 0.15) is 22.4 Å². The number of halogens is 1. The van der Waals surface area contributed by atoms with Crippen LogP contribution in [0.5, 0.6) is 5.75 Å². The average Bonchev–Trinajstić information content (AvgIpc) is 3.12. The predicted molar refractivity (Wildman–Crippen MR) is 138 cm³/mol. The minimum Gasteiger partial charge on any atom is -0.491 e. The van der Waals surface area contributed by atoms with Gasteiger partial charge in [-0.1, -0.05) is 18.2 Å². The molecule has 3 aromatic heterocycles. The zero-order valence-electron chi connectivity index (χ0n) is 19.8. The molecule has 0 saturated heterocycles. The number of ether oxygens (including phenoxy) is 1. The first-order chi connectivity index (χ1) is 17.5. The molecule has 5 aromatic rings. The van der Waals surface area contributed by atoms with Crippen LogP contribution in [0.4, 0.5) is 16.0 Å². The number of fused-ring (bicyclic) bond motifs is 2. The molecule has 0 atom stereocenters. The molecule has 1 aliphatic rings. The Labute approximate surface area is 207 Å². The number of aromatic amines is 1. The highest BCUT2D eigenvalue weighted by Gasteiger charge is 2.20. The number of aryl methyl sites for hydroxylation is 1. The molecule has 0 radical (unpaired) electrons. The molecule has 6 rings (SSSR count). The van der Waals surface area contributed by atoms with Crippen LogP contribution in [0.15, 0.2) is 67.0 Å². The van der Waals surface area contributed by atoms with E-state index in [1.807, 2.05) is 49.6 Å². The molecule has 180 valence electrons. The van der Waals surface area contributed by atoms with Crippen molar-refractivity contribution in [2.45, 2.75) is 19.9 Å². The molecular weight excluding hydrogens is 455 g/mol. The van der Waals surface area contributed by atoms with Crippen molar-refractivity contribution in [3.8, 4) is 16.9 Å². The second-order valence-corrected chi connectivity index (χ2v) is 9.01. The second kappa shape index (κ2) is 8.96. The van der Waals surface area contributed by atoms with Gasteiger partial charge in [-0.15, -0.1) is 0 Å². The number of nitrogens with two attached hydrogens (primary N) is 1. The number of anilines is 2. The van der Waals surface area contributed by atoms with E-state index in [4.69, 9.17) is 10.5 Å². The minimum atomic E-state index is -0.232. The largest absolute Gasteiger partial charge is 0.491 e. The molecule has 0 fully saturated rings. The Morgan fingerprint density at radius 3 is 2.78 bits per heavy atom. The van der Waals surface area contributed by atoms with Crippen molar-refractivity contribution in [2.24, 2.45) is 0 Å². The van der Waals surface area contributed by atoms with Crippen molar-refractivity contribution in [1.29, 1.82) is 0 Å². The van der Waals surface area contributed by atoms with Gasteiger partial charge in [-0.05, 0) is 54.4 Å². The molecule has 0 spiro atoms. The van der Waals surface area contributed by atoms with Gasteiger partial charge < -0.3 is 20.4 Å². The summed E-state index contributed by atoms with van der Waals surface area (Å²) in [5.74, 6) is 1.00. The maximum atomic E-state index is 13.4. The Bertz CT molecular complexity index is 1560. The molecule has 3 N–H and O–H groups in total. The fraction of sp³-hybridized carbons (Fsp3) is 0.179. The maximum Gasteiger partial charge on any atom is 0.200 e. The maximum absolute atomic E-state index is 13.4. The standard InChI is InChI=1S/C28H25FN6O/c1-17-23(12-18-2-5-22(29)6-3-18)25(8-9-31-17)35-10-11-36-26-7-4-19(13-21(26)16-35)20-14-24-27(32-15-20)34-28(30)33-24/h2-9,13-15H,10-12,16H2,1H3,(H3,30,32,33,34). The third-order valence-electron chi connectivity index (χ3n) is 6.61. The van der Waals surface area contributed by atoms with Crippen molar-refractivity contribution >= 4 is 22.8 Å². The lowest BCUT2D eigenvalue weighted by Gasteiger charge is -2.26. The normalized spacial score (nSPS) is 13.3. The van der Waals surface area contributed by atoms with Gasteiger partial charge in [-0.25, -0.2) is 9.37 Å². The lowest BCUT2D eigenvalue weighted by Crippen LogP contribution is -2.26. The molecule has 0 saturated carbocycles. The average molecular weight is 481 g/mol. The molecule has 36 heavy (non-hydrogen) atoms. The molecule has 0 amide bonds. The van der Waals surface area contributed by atoms with Crippen LogP contribution in [-0.4, -0.2) is 33.1 Å². The summed E-state index contributed by atoms with van der Waals surface area (Å²) in [6.07, 6.45) is 4.34. The fourth-order valence-electron chi connectivity index (χ4n) is 4.76. The van der Waals surface area contributed by atoms with Crippen LogP contribution in [0, 0.1) is 12.7 Å². The summed E-state index contributed by atoms with van der Waals surface area (Å²) < 4.78 is 19.6. The zero-order chi connectivity index (χ0) is 24.6. The van der Waals surface area contributed by atoms with Gasteiger partial charge in [-0.2, -0.15) is 4.98 Å². The van der Waals surface area contributed by atoms with Crippen molar-refractivity contribution in [2.75, 3.05) is 23.8 Å². The Morgan fingerprint density at radius 2 is 1.92 bits per heavy atom. The Balaban J connectivity index is 1.34. The van der Waals surface area contributed by atoms with Crippen LogP contribution in [0.2, 0.25) is 0 Å². The van der Waals surface area contributed by atoms with E-state index in [0.717, 1.165) is 57.0 Å². The topological polar surface area (TPSA) is 92.9 Å². The number of nitrogens with zero attached hydrogens (tertiary/aromatic N) is 4. The quantitative estimate of drug-likeness (QED) is 0.374. The summed E-state index contributed by atoms with van der Waals surface area (Å²) in [7, 11) is 0. The number of benzene rings is 2. The molecule has 7 nitrogen and oxygen atoms in total. The summed E-state index contributed by atoms with van der Waals surface area (Å²) in [4.78, 5) is 18.6. The Kier molecular flexibility index (Phi) is 5.48. The van der Waals surface area contributed by atoms with Gasteiger partial charge in [0.25, 0.3) is 0 Å². The third-order valence-corrected chi connectivity index (χ3v) is 6.61. The number of rotatable bonds is 4. The molecular formula is C28H25FN6O. The van der Waals surface area contributed by atoms with E-state index in [2.05, 4.69) is 37.0 Å². The van der Waals surface area contributed by atoms with Gasteiger partial charge >= 0.3 is 0 Å². The second-order valence-electron chi connectivity index (χ2n) is 9.01.